The Labute approximate surface area is 115 Å². The number of rotatable bonds is 3. The third kappa shape index (κ3) is 2.63. The fourth-order valence-electron chi connectivity index (χ4n) is 3.68. The lowest BCUT2D eigenvalue weighted by Gasteiger charge is -2.40. The van der Waals surface area contributed by atoms with Crippen molar-refractivity contribution in [2.45, 2.75) is 52.4 Å². The summed E-state index contributed by atoms with van der Waals surface area (Å²) in [6, 6.07) is 0. The van der Waals surface area contributed by atoms with E-state index in [1.54, 1.807) is 0 Å². The molecule has 1 saturated heterocycles. The van der Waals surface area contributed by atoms with E-state index in [4.69, 9.17) is 0 Å². The minimum Gasteiger partial charge on any atom is -0.481 e. The smallest absolute Gasteiger partial charge is 0.311 e. The van der Waals surface area contributed by atoms with Crippen molar-refractivity contribution >= 4 is 11.9 Å². The third-order valence-corrected chi connectivity index (χ3v) is 5.20. The Bertz CT molecular complexity index is 368. The first kappa shape index (κ1) is 14.4. The van der Waals surface area contributed by atoms with Crippen molar-refractivity contribution in [2.75, 3.05) is 13.1 Å². The van der Waals surface area contributed by atoms with Gasteiger partial charge in [-0.3, -0.25) is 9.59 Å². The van der Waals surface area contributed by atoms with Crippen LogP contribution in [-0.2, 0) is 9.59 Å². The Morgan fingerprint density at radius 2 is 2.05 bits per heavy atom. The molecule has 1 heterocycles. The van der Waals surface area contributed by atoms with E-state index in [0.29, 0.717) is 25.3 Å². The van der Waals surface area contributed by atoms with Gasteiger partial charge in [0.15, 0.2) is 0 Å². The van der Waals surface area contributed by atoms with Gasteiger partial charge in [-0.1, -0.05) is 20.3 Å². The van der Waals surface area contributed by atoms with Crippen molar-refractivity contribution in [3.63, 3.8) is 0 Å². The van der Waals surface area contributed by atoms with Crippen LogP contribution in [0.4, 0.5) is 0 Å². The highest BCUT2D eigenvalue weighted by molar-refractivity contribution is 5.81. The van der Waals surface area contributed by atoms with Crippen LogP contribution in [-0.4, -0.2) is 35.0 Å². The maximum atomic E-state index is 12.6. The SMILES string of the molecule is CCC1(C(=O)O)CCCN(C(=O)C2CCCC2C)C1. The first-order chi connectivity index (χ1) is 9.00. The zero-order valence-electron chi connectivity index (χ0n) is 12.0. The number of nitrogens with zero attached hydrogens (tertiary/aromatic N) is 1. The van der Waals surface area contributed by atoms with Gasteiger partial charge in [0, 0.05) is 19.0 Å². The average molecular weight is 267 g/mol. The van der Waals surface area contributed by atoms with Gasteiger partial charge >= 0.3 is 5.97 Å². The molecule has 2 rings (SSSR count). The number of hydrogen-bond donors (Lipinski definition) is 1. The number of carbonyl (C=O) groups is 2. The van der Waals surface area contributed by atoms with E-state index in [2.05, 4.69) is 6.92 Å². The van der Waals surface area contributed by atoms with Crippen molar-refractivity contribution in [1.29, 1.82) is 0 Å². The minimum absolute atomic E-state index is 0.126. The van der Waals surface area contributed by atoms with Crippen LogP contribution in [0.25, 0.3) is 0 Å². The zero-order chi connectivity index (χ0) is 14.0. The van der Waals surface area contributed by atoms with Gasteiger partial charge in [-0.25, -0.2) is 0 Å². The molecule has 4 heteroatoms. The summed E-state index contributed by atoms with van der Waals surface area (Å²) in [5.41, 5.74) is -0.713. The van der Waals surface area contributed by atoms with Crippen LogP contribution < -0.4 is 0 Å². The molecule has 2 fully saturated rings. The number of amides is 1. The number of likely N-dealkylation sites (tertiary alicyclic amines) is 1. The normalized spacial score (nSPS) is 35.4. The van der Waals surface area contributed by atoms with Crippen molar-refractivity contribution < 1.29 is 14.7 Å². The molecule has 0 aromatic rings. The summed E-state index contributed by atoms with van der Waals surface area (Å²) in [7, 11) is 0. The lowest BCUT2D eigenvalue weighted by molar-refractivity contribution is -0.156. The van der Waals surface area contributed by atoms with Gasteiger partial charge in [0.25, 0.3) is 0 Å². The summed E-state index contributed by atoms with van der Waals surface area (Å²) in [4.78, 5) is 25.9. The van der Waals surface area contributed by atoms with Crippen LogP contribution in [0.1, 0.15) is 52.4 Å². The minimum atomic E-state index is -0.744. The zero-order valence-corrected chi connectivity index (χ0v) is 12.0. The molecule has 1 amide bonds. The summed E-state index contributed by atoms with van der Waals surface area (Å²) >= 11 is 0. The second-order valence-corrected chi connectivity index (χ2v) is 6.32. The Balaban J connectivity index is 2.08. The molecule has 2 aliphatic rings. The summed E-state index contributed by atoms with van der Waals surface area (Å²) in [6.07, 6.45) is 5.34. The molecule has 0 radical (unpaired) electrons. The van der Waals surface area contributed by atoms with Crippen LogP contribution in [0.15, 0.2) is 0 Å². The van der Waals surface area contributed by atoms with E-state index in [-0.39, 0.29) is 11.8 Å². The summed E-state index contributed by atoms with van der Waals surface area (Å²) in [5.74, 6) is 0.0347. The van der Waals surface area contributed by atoms with Gasteiger partial charge in [-0.15, -0.1) is 0 Å². The molecule has 0 aromatic heterocycles. The van der Waals surface area contributed by atoms with Crippen LogP contribution in [0.5, 0.6) is 0 Å². The quantitative estimate of drug-likeness (QED) is 0.855. The fourth-order valence-corrected chi connectivity index (χ4v) is 3.68. The molecule has 1 saturated carbocycles. The summed E-state index contributed by atoms with van der Waals surface area (Å²) in [5, 5.41) is 9.47. The number of piperidine rings is 1. The second-order valence-electron chi connectivity index (χ2n) is 6.32. The first-order valence-electron chi connectivity index (χ1n) is 7.52. The van der Waals surface area contributed by atoms with E-state index in [1.165, 1.54) is 0 Å². The monoisotopic (exact) mass is 267 g/mol. The van der Waals surface area contributed by atoms with Crippen LogP contribution in [0.3, 0.4) is 0 Å². The van der Waals surface area contributed by atoms with E-state index in [1.807, 2.05) is 11.8 Å². The molecule has 1 aliphatic heterocycles. The molecule has 3 unspecified atom stereocenters. The Morgan fingerprint density at radius 1 is 1.32 bits per heavy atom. The van der Waals surface area contributed by atoms with E-state index >= 15 is 0 Å². The number of hydrogen-bond acceptors (Lipinski definition) is 2. The molecule has 0 aromatic carbocycles. The molecule has 1 aliphatic carbocycles. The van der Waals surface area contributed by atoms with Gasteiger partial charge < -0.3 is 10.0 Å². The summed E-state index contributed by atoms with van der Waals surface area (Å²) in [6.45, 7) is 5.20. The Morgan fingerprint density at radius 3 is 2.58 bits per heavy atom. The van der Waals surface area contributed by atoms with Gasteiger partial charge in [0.2, 0.25) is 5.91 Å². The molecular weight excluding hydrogens is 242 g/mol. The lowest BCUT2D eigenvalue weighted by atomic mass is 9.77. The number of aliphatic carboxylic acids is 1. The van der Waals surface area contributed by atoms with Gasteiger partial charge in [-0.2, -0.15) is 0 Å². The van der Waals surface area contributed by atoms with Gasteiger partial charge in [-0.05, 0) is 38.0 Å². The van der Waals surface area contributed by atoms with E-state index < -0.39 is 11.4 Å². The standard InChI is InChI=1S/C15H25NO3/c1-3-15(14(18)19)8-5-9-16(10-15)13(17)12-7-4-6-11(12)2/h11-12H,3-10H2,1-2H3,(H,18,19). The molecule has 4 nitrogen and oxygen atoms in total. The van der Waals surface area contributed by atoms with Crippen LogP contribution in [0.2, 0.25) is 0 Å². The molecular formula is C15H25NO3. The van der Waals surface area contributed by atoms with Crippen LogP contribution in [0, 0.1) is 17.3 Å². The number of carbonyl (C=O) groups excluding carboxylic acids is 1. The van der Waals surface area contributed by atoms with Crippen molar-refractivity contribution in [3.05, 3.63) is 0 Å². The number of carboxylic acid groups (broad SMARTS) is 1. The fraction of sp³-hybridized carbons (Fsp3) is 0.867. The molecule has 0 spiro atoms. The highest BCUT2D eigenvalue weighted by Gasteiger charge is 2.44. The molecule has 108 valence electrons. The lowest BCUT2D eigenvalue weighted by Crippen LogP contribution is -2.51. The molecule has 19 heavy (non-hydrogen) atoms. The van der Waals surface area contributed by atoms with E-state index in [9.17, 15) is 14.7 Å². The predicted octanol–water partition coefficient (Wildman–Crippen LogP) is 2.53. The molecule has 0 bridgehead atoms. The first-order valence-corrected chi connectivity index (χ1v) is 7.52. The molecule has 1 N–H and O–H groups in total. The maximum absolute atomic E-state index is 12.6. The maximum Gasteiger partial charge on any atom is 0.311 e. The van der Waals surface area contributed by atoms with Gasteiger partial charge in [0.1, 0.15) is 0 Å². The second kappa shape index (κ2) is 5.51. The Kier molecular flexibility index (Phi) is 4.16. The highest BCUT2D eigenvalue weighted by Crippen LogP contribution is 2.37. The topological polar surface area (TPSA) is 57.6 Å². The van der Waals surface area contributed by atoms with E-state index in [0.717, 1.165) is 32.2 Å². The highest BCUT2D eigenvalue weighted by atomic mass is 16.4. The third-order valence-electron chi connectivity index (χ3n) is 5.20. The number of carboxylic acids is 1. The predicted molar refractivity (Wildman–Crippen MR) is 72.7 cm³/mol. The van der Waals surface area contributed by atoms with Crippen LogP contribution >= 0.6 is 0 Å². The van der Waals surface area contributed by atoms with Gasteiger partial charge in [0.05, 0.1) is 5.41 Å². The summed E-state index contributed by atoms with van der Waals surface area (Å²) < 4.78 is 0. The molecule has 3 atom stereocenters. The van der Waals surface area contributed by atoms with Crippen molar-refractivity contribution in [3.8, 4) is 0 Å². The largest absolute Gasteiger partial charge is 0.481 e. The van der Waals surface area contributed by atoms with Crippen molar-refractivity contribution in [1.82, 2.24) is 4.90 Å². The Hall–Kier alpha value is -1.06. The van der Waals surface area contributed by atoms with Crippen molar-refractivity contribution in [2.24, 2.45) is 17.3 Å². The average Bonchev–Trinajstić information content (AvgIpc) is 2.84.